The van der Waals surface area contributed by atoms with Gasteiger partial charge in [-0.1, -0.05) is 26.0 Å². The quantitative estimate of drug-likeness (QED) is 0.799. The Morgan fingerprint density at radius 3 is 2.26 bits per heavy atom. The van der Waals surface area contributed by atoms with Crippen molar-refractivity contribution in [2.45, 2.75) is 39.2 Å². The number of methoxy groups -OCH3 is 1. The number of ether oxygens (including phenoxy) is 1. The van der Waals surface area contributed by atoms with Crippen molar-refractivity contribution in [3.05, 3.63) is 29.8 Å². The Balaban J connectivity index is 2.55. The first-order valence-corrected chi connectivity index (χ1v) is 7.97. The molecule has 0 aliphatic rings. The molecule has 0 saturated heterocycles. The summed E-state index contributed by atoms with van der Waals surface area (Å²) in [6, 6.07) is 7.20. The van der Waals surface area contributed by atoms with Crippen molar-refractivity contribution in [2.75, 3.05) is 21.2 Å². The predicted octanol–water partition coefficient (Wildman–Crippen LogP) is 2.25. The Hall–Kier alpha value is -2.04. The maximum absolute atomic E-state index is 12.2. The molecule has 0 aliphatic carbocycles. The van der Waals surface area contributed by atoms with Gasteiger partial charge in [0.15, 0.2) is 0 Å². The minimum Gasteiger partial charge on any atom is -0.497 e. The number of carbonyl (C=O) groups excluding carboxylic acids is 2. The van der Waals surface area contributed by atoms with E-state index < -0.39 is 6.04 Å². The smallest absolute Gasteiger partial charge is 0.244 e. The van der Waals surface area contributed by atoms with E-state index in [1.54, 1.807) is 21.2 Å². The zero-order valence-electron chi connectivity index (χ0n) is 14.8. The fraction of sp³-hybridized carbons (Fsp3) is 0.556. The summed E-state index contributed by atoms with van der Waals surface area (Å²) in [7, 11) is 5.04. The maximum Gasteiger partial charge on any atom is 0.244 e. The predicted molar refractivity (Wildman–Crippen MR) is 91.4 cm³/mol. The second-order valence-electron chi connectivity index (χ2n) is 6.33. The highest BCUT2D eigenvalue weighted by atomic mass is 16.5. The molecule has 1 N–H and O–H groups in total. The normalized spacial score (nSPS) is 11.9. The van der Waals surface area contributed by atoms with Crippen molar-refractivity contribution in [1.29, 1.82) is 0 Å². The Bertz CT molecular complexity index is 510. The summed E-state index contributed by atoms with van der Waals surface area (Å²) in [5.74, 6) is 0.982. The van der Waals surface area contributed by atoms with Crippen LogP contribution in [0.1, 0.15) is 32.3 Å². The lowest BCUT2D eigenvalue weighted by Crippen LogP contribution is -2.47. The third-order valence-electron chi connectivity index (χ3n) is 3.58. The number of benzene rings is 1. The monoisotopic (exact) mass is 320 g/mol. The van der Waals surface area contributed by atoms with Crippen molar-refractivity contribution in [3.8, 4) is 5.75 Å². The molecule has 0 spiro atoms. The molecular formula is C18H28N2O3. The molecule has 2 amide bonds. The van der Waals surface area contributed by atoms with Crippen LogP contribution in [-0.2, 0) is 16.0 Å². The van der Waals surface area contributed by atoms with Crippen molar-refractivity contribution in [3.63, 3.8) is 0 Å². The van der Waals surface area contributed by atoms with Gasteiger partial charge in [-0.15, -0.1) is 0 Å². The van der Waals surface area contributed by atoms with Crippen LogP contribution >= 0.6 is 0 Å². The van der Waals surface area contributed by atoms with Gasteiger partial charge in [0.25, 0.3) is 0 Å². The zero-order valence-corrected chi connectivity index (χ0v) is 14.8. The molecule has 0 unspecified atom stereocenters. The molecule has 0 aromatic heterocycles. The van der Waals surface area contributed by atoms with E-state index in [-0.39, 0.29) is 11.8 Å². The van der Waals surface area contributed by atoms with Gasteiger partial charge < -0.3 is 15.0 Å². The molecule has 0 fully saturated rings. The third kappa shape index (κ3) is 6.72. The topological polar surface area (TPSA) is 58.6 Å². The fourth-order valence-electron chi connectivity index (χ4n) is 2.32. The molecule has 1 atom stereocenters. The summed E-state index contributed by atoms with van der Waals surface area (Å²) >= 11 is 0. The molecule has 128 valence electrons. The largest absolute Gasteiger partial charge is 0.497 e. The van der Waals surface area contributed by atoms with Crippen molar-refractivity contribution >= 4 is 11.8 Å². The van der Waals surface area contributed by atoms with Crippen LogP contribution < -0.4 is 10.1 Å². The van der Waals surface area contributed by atoms with Crippen LogP contribution in [-0.4, -0.2) is 44.0 Å². The molecule has 5 nitrogen and oxygen atoms in total. The van der Waals surface area contributed by atoms with Gasteiger partial charge in [-0.3, -0.25) is 9.59 Å². The molecular weight excluding hydrogens is 292 g/mol. The van der Waals surface area contributed by atoms with E-state index in [2.05, 4.69) is 5.32 Å². The van der Waals surface area contributed by atoms with Gasteiger partial charge in [-0.05, 0) is 36.5 Å². The number of aryl methyl sites for hydroxylation is 1. The van der Waals surface area contributed by atoms with E-state index in [0.717, 1.165) is 11.3 Å². The van der Waals surface area contributed by atoms with Gasteiger partial charge >= 0.3 is 0 Å². The number of hydrogen-bond donors (Lipinski definition) is 1. The first-order chi connectivity index (χ1) is 10.8. The number of carbonyl (C=O) groups is 2. The van der Waals surface area contributed by atoms with Crippen LogP contribution in [0.5, 0.6) is 5.75 Å². The third-order valence-corrected chi connectivity index (χ3v) is 3.58. The highest BCUT2D eigenvalue weighted by Gasteiger charge is 2.23. The Kier molecular flexibility index (Phi) is 7.59. The van der Waals surface area contributed by atoms with Crippen LogP contribution in [0.3, 0.4) is 0 Å². The summed E-state index contributed by atoms with van der Waals surface area (Å²) in [4.78, 5) is 25.8. The summed E-state index contributed by atoms with van der Waals surface area (Å²) in [6.45, 7) is 4.08. The second-order valence-corrected chi connectivity index (χ2v) is 6.33. The van der Waals surface area contributed by atoms with E-state index >= 15 is 0 Å². The van der Waals surface area contributed by atoms with Gasteiger partial charge in [0.1, 0.15) is 11.8 Å². The summed E-state index contributed by atoms with van der Waals surface area (Å²) < 4.78 is 5.11. The molecule has 5 heteroatoms. The van der Waals surface area contributed by atoms with E-state index in [1.165, 1.54) is 4.90 Å². The van der Waals surface area contributed by atoms with Crippen molar-refractivity contribution in [1.82, 2.24) is 10.2 Å². The first-order valence-electron chi connectivity index (χ1n) is 7.97. The molecule has 0 radical (unpaired) electrons. The average Bonchev–Trinajstić information content (AvgIpc) is 2.51. The lowest BCUT2D eigenvalue weighted by atomic mass is 10.0. The molecule has 0 bridgehead atoms. The maximum atomic E-state index is 12.2. The SMILES string of the molecule is COc1ccc(CCC(=O)N[C@H](CC(C)C)C(=O)N(C)C)cc1. The number of amides is 2. The van der Waals surface area contributed by atoms with E-state index in [4.69, 9.17) is 4.74 Å². The van der Waals surface area contributed by atoms with Crippen LogP contribution in [0, 0.1) is 5.92 Å². The van der Waals surface area contributed by atoms with Crippen LogP contribution in [0.4, 0.5) is 0 Å². The molecule has 0 saturated carbocycles. The summed E-state index contributed by atoms with van der Waals surface area (Å²) in [5, 5.41) is 2.87. The zero-order chi connectivity index (χ0) is 17.4. The summed E-state index contributed by atoms with van der Waals surface area (Å²) in [6.07, 6.45) is 1.65. The van der Waals surface area contributed by atoms with E-state index in [0.29, 0.717) is 25.2 Å². The molecule has 1 aromatic carbocycles. The standard InChI is InChI=1S/C18H28N2O3/c1-13(2)12-16(18(22)20(3)4)19-17(21)11-8-14-6-9-15(23-5)10-7-14/h6-7,9-10,13,16H,8,11-12H2,1-5H3,(H,19,21)/t16-/m1/s1. The number of likely N-dealkylation sites (N-methyl/N-ethyl adjacent to an activating group) is 1. The molecule has 0 aliphatic heterocycles. The lowest BCUT2D eigenvalue weighted by Gasteiger charge is -2.23. The lowest BCUT2D eigenvalue weighted by molar-refractivity contribution is -0.134. The average molecular weight is 320 g/mol. The minimum atomic E-state index is -0.451. The van der Waals surface area contributed by atoms with Crippen molar-refractivity contribution < 1.29 is 14.3 Å². The van der Waals surface area contributed by atoms with Crippen LogP contribution in [0.25, 0.3) is 0 Å². The van der Waals surface area contributed by atoms with E-state index in [9.17, 15) is 9.59 Å². The fourth-order valence-corrected chi connectivity index (χ4v) is 2.32. The number of nitrogens with zero attached hydrogens (tertiary/aromatic N) is 1. The second kappa shape index (κ2) is 9.18. The number of nitrogens with one attached hydrogen (secondary N) is 1. The van der Waals surface area contributed by atoms with Crippen LogP contribution in [0.15, 0.2) is 24.3 Å². The number of hydrogen-bond acceptors (Lipinski definition) is 3. The number of rotatable bonds is 8. The van der Waals surface area contributed by atoms with Gasteiger partial charge in [0, 0.05) is 20.5 Å². The first kappa shape index (κ1) is 19.0. The van der Waals surface area contributed by atoms with Gasteiger partial charge in [-0.2, -0.15) is 0 Å². The molecule has 23 heavy (non-hydrogen) atoms. The van der Waals surface area contributed by atoms with Gasteiger partial charge in [0.2, 0.25) is 11.8 Å². The Morgan fingerprint density at radius 2 is 1.78 bits per heavy atom. The highest BCUT2D eigenvalue weighted by molar-refractivity contribution is 5.87. The van der Waals surface area contributed by atoms with Gasteiger partial charge in [-0.25, -0.2) is 0 Å². The molecule has 1 rings (SSSR count). The van der Waals surface area contributed by atoms with E-state index in [1.807, 2.05) is 38.1 Å². The minimum absolute atomic E-state index is 0.0588. The highest BCUT2D eigenvalue weighted by Crippen LogP contribution is 2.13. The van der Waals surface area contributed by atoms with Gasteiger partial charge in [0.05, 0.1) is 7.11 Å². The molecule has 0 heterocycles. The van der Waals surface area contributed by atoms with Crippen LogP contribution in [0.2, 0.25) is 0 Å². The summed E-state index contributed by atoms with van der Waals surface area (Å²) in [5.41, 5.74) is 1.07. The molecule has 1 aromatic rings. The van der Waals surface area contributed by atoms with Crippen molar-refractivity contribution in [2.24, 2.45) is 5.92 Å². The Labute approximate surface area is 139 Å². The Morgan fingerprint density at radius 1 is 1.17 bits per heavy atom.